The van der Waals surface area contributed by atoms with Crippen LogP contribution in [0.5, 0.6) is 0 Å². The summed E-state index contributed by atoms with van der Waals surface area (Å²) >= 11 is 0. The molecule has 0 radical (unpaired) electrons. The quantitative estimate of drug-likeness (QED) is 0.471. The second-order valence-electron chi connectivity index (χ2n) is 9.09. The third-order valence-electron chi connectivity index (χ3n) is 6.92. The number of nitrogens with one attached hydrogen (secondary N) is 2. The van der Waals surface area contributed by atoms with Gasteiger partial charge in [0.05, 0.1) is 5.92 Å². The van der Waals surface area contributed by atoms with Gasteiger partial charge < -0.3 is 20.5 Å². The molecule has 3 N–H and O–H groups in total. The molecule has 7 nitrogen and oxygen atoms in total. The number of hydrogen-bond acceptors (Lipinski definition) is 4. The van der Waals surface area contributed by atoms with Gasteiger partial charge in [-0.3, -0.25) is 9.59 Å². The Hall–Kier alpha value is -3.49. The van der Waals surface area contributed by atoms with E-state index in [0.29, 0.717) is 6.42 Å². The smallest absolute Gasteiger partial charge is 0.407 e. The summed E-state index contributed by atoms with van der Waals surface area (Å²) in [5.41, 5.74) is 4.48. The Kier molecular flexibility index (Phi) is 7.05. The Labute approximate surface area is 201 Å². The molecule has 2 aromatic carbocycles. The molecule has 0 saturated heterocycles. The Morgan fingerprint density at radius 3 is 2.17 bits per heavy atom. The van der Waals surface area contributed by atoms with E-state index in [1.807, 2.05) is 43.3 Å². The lowest BCUT2D eigenvalue weighted by molar-refractivity contribution is -0.141. The molecule has 1 saturated carbocycles. The van der Waals surface area contributed by atoms with Crippen molar-refractivity contribution in [3.8, 4) is 11.1 Å². The Morgan fingerprint density at radius 2 is 1.63 bits per heavy atom. The van der Waals surface area contributed by atoms with Crippen molar-refractivity contribution in [3.63, 3.8) is 0 Å². The number of carbonyl (C=O) groups is 3. The van der Waals surface area contributed by atoms with Gasteiger partial charge in [-0.2, -0.15) is 0 Å². The third-order valence-corrected chi connectivity index (χ3v) is 6.92. The molecule has 0 aliphatic heterocycles. The van der Waals surface area contributed by atoms with Gasteiger partial charge in [-0.15, -0.1) is 0 Å². The largest absolute Gasteiger partial charge is 0.481 e. The molecule has 2 aliphatic carbocycles. The number of amides is 2. The second kappa shape index (κ2) is 10.0. The molecule has 0 bridgehead atoms. The summed E-state index contributed by atoms with van der Waals surface area (Å²) in [5.74, 6) is -8.73. The van der Waals surface area contributed by atoms with Gasteiger partial charge in [0.25, 0.3) is 5.92 Å². The predicted molar refractivity (Wildman–Crippen MR) is 124 cm³/mol. The molecule has 0 aromatic heterocycles. The zero-order valence-corrected chi connectivity index (χ0v) is 19.3. The molecule has 4 rings (SSSR count). The van der Waals surface area contributed by atoms with Crippen LogP contribution in [0.2, 0.25) is 0 Å². The number of ether oxygens (including phenoxy) is 1. The zero-order valence-electron chi connectivity index (χ0n) is 19.3. The van der Waals surface area contributed by atoms with Crippen LogP contribution in [0.25, 0.3) is 11.1 Å². The number of benzene rings is 2. The number of carboxylic acids is 1. The first-order valence-electron chi connectivity index (χ1n) is 11.7. The molecular formula is C26H28F2N2O5. The maximum atomic E-state index is 13.5. The molecule has 35 heavy (non-hydrogen) atoms. The molecule has 2 aromatic rings. The van der Waals surface area contributed by atoms with E-state index in [-0.39, 0.29) is 38.0 Å². The summed E-state index contributed by atoms with van der Waals surface area (Å²) in [6.45, 7) is 1.83. The lowest BCUT2D eigenvalue weighted by atomic mass is 9.98. The van der Waals surface area contributed by atoms with E-state index in [9.17, 15) is 23.2 Å². The van der Waals surface area contributed by atoms with Crippen molar-refractivity contribution < 1.29 is 33.0 Å². The van der Waals surface area contributed by atoms with Crippen molar-refractivity contribution in [2.75, 3.05) is 19.7 Å². The molecule has 0 heterocycles. The Balaban J connectivity index is 1.23. The summed E-state index contributed by atoms with van der Waals surface area (Å²) in [5, 5.41) is 13.9. The van der Waals surface area contributed by atoms with Crippen molar-refractivity contribution in [2.45, 2.75) is 31.6 Å². The first-order valence-corrected chi connectivity index (χ1v) is 11.7. The minimum atomic E-state index is -3.30. The number of rotatable bonds is 10. The van der Waals surface area contributed by atoms with Crippen LogP contribution in [0.1, 0.15) is 36.8 Å². The highest BCUT2D eigenvalue weighted by Gasteiger charge is 2.72. The SMILES string of the molecule is CCC(CNC(=O)OCC1c2ccccc2-c2ccccc21)CC(=O)NC[C@@H]1[C@H](C(=O)O)C1(F)F. The maximum Gasteiger partial charge on any atom is 0.407 e. The fraction of sp³-hybridized carbons (Fsp3) is 0.423. The lowest BCUT2D eigenvalue weighted by Crippen LogP contribution is -2.34. The number of aliphatic carboxylic acids is 1. The first kappa shape index (κ1) is 24.6. The highest BCUT2D eigenvalue weighted by molar-refractivity contribution is 5.79. The number of alkyl carbamates (subject to hydrolysis) is 1. The maximum absolute atomic E-state index is 13.5. The molecule has 0 spiro atoms. The molecule has 3 atom stereocenters. The Morgan fingerprint density at radius 1 is 1.03 bits per heavy atom. The van der Waals surface area contributed by atoms with E-state index < -0.39 is 35.7 Å². The van der Waals surface area contributed by atoms with E-state index in [1.165, 1.54) is 0 Å². The number of fused-ring (bicyclic) bond motifs is 3. The topological polar surface area (TPSA) is 105 Å². The third kappa shape index (κ3) is 5.13. The average Bonchev–Trinajstić information content (AvgIpc) is 3.26. The normalized spacial score (nSPS) is 20.3. The van der Waals surface area contributed by atoms with E-state index in [1.54, 1.807) is 0 Å². The van der Waals surface area contributed by atoms with Crippen molar-refractivity contribution in [3.05, 3.63) is 59.7 Å². The fourth-order valence-electron chi connectivity index (χ4n) is 4.78. The average molecular weight is 487 g/mol. The minimum absolute atomic E-state index is 0.0240. The molecule has 9 heteroatoms. The molecule has 186 valence electrons. The van der Waals surface area contributed by atoms with Gasteiger partial charge in [-0.05, 0) is 28.2 Å². The van der Waals surface area contributed by atoms with Crippen molar-refractivity contribution >= 4 is 18.0 Å². The van der Waals surface area contributed by atoms with Gasteiger partial charge in [0.1, 0.15) is 12.5 Å². The van der Waals surface area contributed by atoms with Crippen LogP contribution < -0.4 is 10.6 Å². The standard InChI is InChI=1S/C26H28F2N2O5/c1-2-15(11-22(31)29-13-21-23(24(32)33)26(21,27)28)12-30-25(34)35-14-20-18-9-5-3-7-16(18)17-8-4-6-10-19(17)20/h3-10,15,20-21,23H,2,11-14H2,1H3,(H,29,31)(H,30,34)(H,32,33)/t15?,21-,23-/m1/s1. The second-order valence-corrected chi connectivity index (χ2v) is 9.09. The number of carboxylic acid groups (broad SMARTS) is 1. The van der Waals surface area contributed by atoms with Crippen molar-refractivity contribution in [1.82, 2.24) is 10.6 Å². The van der Waals surface area contributed by atoms with Crippen molar-refractivity contribution in [1.29, 1.82) is 0 Å². The zero-order chi connectivity index (χ0) is 25.2. The summed E-state index contributed by atoms with van der Waals surface area (Å²) < 4.78 is 32.4. The van der Waals surface area contributed by atoms with E-state index in [2.05, 4.69) is 22.8 Å². The monoisotopic (exact) mass is 486 g/mol. The van der Waals surface area contributed by atoms with Gasteiger partial charge in [0.15, 0.2) is 0 Å². The lowest BCUT2D eigenvalue weighted by Gasteiger charge is -2.17. The number of hydrogen-bond donors (Lipinski definition) is 3. The summed E-state index contributed by atoms with van der Waals surface area (Å²) in [6, 6.07) is 16.0. The highest BCUT2D eigenvalue weighted by atomic mass is 19.3. The van der Waals surface area contributed by atoms with Crippen LogP contribution in [0, 0.1) is 17.8 Å². The van der Waals surface area contributed by atoms with Crippen molar-refractivity contribution in [2.24, 2.45) is 17.8 Å². The number of carbonyl (C=O) groups excluding carboxylic acids is 2. The molecule has 1 unspecified atom stereocenters. The van der Waals surface area contributed by atoms with Crippen LogP contribution in [0.4, 0.5) is 13.6 Å². The highest BCUT2D eigenvalue weighted by Crippen LogP contribution is 2.54. The number of alkyl halides is 2. The van der Waals surface area contributed by atoms with E-state index in [0.717, 1.165) is 22.3 Å². The predicted octanol–water partition coefficient (Wildman–Crippen LogP) is 4.02. The van der Waals surface area contributed by atoms with Crippen LogP contribution in [0.15, 0.2) is 48.5 Å². The minimum Gasteiger partial charge on any atom is -0.481 e. The van der Waals surface area contributed by atoms with Crippen LogP contribution >= 0.6 is 0 Å². The van der Waals surface area contributed by atoms with Gasteiger partial charge in [-0.1, -0.05) is 61.9 Å². The first-order chi connectivity index (χ1) is 16.7. The van der Waals surface area contributed by atoms with E-state index >= 15 is 0 Å². The molecule has 2 aliphatic rings. The van der Waals surface area contributed by atoms with Gasteiger partial charge in [-0.25, -0.2) is 13.6 Å². The fourth-order valence-corrected chi connectivity index (χ4v) is 4.78. The molecule has 2 amide bonds. The van der Waals surface area contributed by atoms with Crippen LogP contribution in [0.3, 0.4) is 0 Å². The van der Waals surface area contributed by atoms with Crippen LogP contribution in [-0.4, -0.2) is 48.7 Å². The molecule has 1 fully saturated rings. The van der Waals surface area contributed by atoms with Crippen LogP contribution in [-0.2, 0) is 14.3 Å². The van der Waals surface area contributed by atoms with Gasteiger partial charge in [0, 0.05) is 25.4 Å². The Bertz CT molecular complexity index is 1080. The van der Waals surface area contributed by atoms with Gasteiger partial charge >= 0.3 is 12.1 Å². The molecular weight excluding hydrogens is 458 g/mol. The summed E-state index contributed by atoms with van der Waals surface area (Å²) in [7, 11) is 0. The van der Waals surface area contributed by atoms with Gasteiger partial charge in [0.2, 0.25) is 5.91 Å². The summed E-state index contributed by atoms with van der Waals surface area (Å²) in [6.07, 6.45) is 0.0116. The van der Waals surface area contributed by atoms with E-state index in [4.69, 9.17) is 9.84 Å². The number of halogens is 2. The summed E-state index contributed by atoms with van der Waals surface area (Å²) in [4.78, 5) is 35.3.